The molecule has 0 saturated carbocycles. The highest BCUT2D eigenvalue weighted by atomic mass is 16.5. The number of hydrogen-bond donors (Lipinski definition) is 0. The number of ether oxygens (including phenoxy) is 2. The van der Waals surface area contributed by atoms with E-state index < -0.39 is 6.10 Å². The van der Waals surface area contributed by atoms with Gasteiger partial charge >= 0.3 is 0 Å². The summed E-state index contributed by atoms with van der Waals surface area (Å²) >= 11 is 0. The summed E-state index contributed by atoms with van der Waals surface area (Å²) in [6, 6.07) is 8.03. The average Bonchev–Trinajstić information content (AvgIpc) is 3.16. The van der Waals surface area contributed by atoms with Crippen LogP contribution in [0.15, 0.2) is 30.6 Å². The van der Waals surface area contributed by atoms with Crippen LogP contribution in [0.4, 0.5) is 0 Å². The van der Waals surface area contributed by atoms with Crippen LogP contribution in [0.5, 0.6) is 0 Å². The van der Waals surface area contributed by atoms with Crippen LogP contribution in [-0.2, 0) is 27.2 Å². The average molecular weight is 342 g/mol. The third-order valence-electron chi connectivity index (χ3n) is 4.87. The maximum atomic E-state index is 13.1. The molecular formula is C18H22N4O3. The molecule has 132 valence electrons. The van der Waals surface area contributed by atoms with Crippen molar-refractivity contribution in [2.75, 3.05) is 26.3 Å². The second-order valence-electron chi connectivity index (χ2n) is 6.32. The van der Waals surface area contributed by atoms with Crippen molar-refractivity contribution in [1.82, 2.24) is 19.7 Å². The van der Waals surface area contributed by atoms with Crippen molar-refractivity contribution in [2.24, 2.45) is 0 Å². The number of hydrogen-bond acceptors (Lipinski definition) is 5. The maximum absolute atomic E-state index is 13.1. The number of morpholine rings is 1. The Labute approximate surface area is 146 Å². The minimum Gasteiger partial charge on any atom is -0.366 e. The Morgan fingerprint density at radius 3 is 3.04 bits per heavy atom. The summed E-state index contributed by atoms with van der Waals surface area (Å²) in [5, 5.41) is 8.13. The van der Waals surface area contributed by atoms with Crippen LogP contribution in [0.1, 0.15) is 36.1 Å². The van der Waals surface area contributed by atoms with E-state index in [2.05, 4.69) is 16.3 Å². The van der Waals surface area contributed by atoms with Gasteiger partial charge in [-0.05, 0) is 24.5 Å². The van der Waals surface area contributed by atoms with Gasteiger partial charge in [0.05, 0.1) is 19.8 Å². The summed E-state index contributed by atoms with van der Waals surface area (Å²) in [4.78, 5) is 14.9. The first kappa shape index (κ1) is 16.2. The lowest BCUT2D eigenvalue weighted by atomic mass is 9.96. The zero-order valence-corrected chi connectivity index (χ0v) is 14.3. The second kappa shape index (κ2) is 6.93. The molecule has 1 amide bonds. The number of aromatic nitrogens is 3. The molecule has 1 fully saturated rings. The van der Waals surface area contributed by atoms with E-state index in [9.17, 15) is 4.79 Å². The molecule has 0 N–H and O–H groups in total. The molecule has 1 aromatic carbocycles. The van der Waals surface area contributed by atoms with Crippen LogP contribution in [0.25, 0.3) is 0 Å². The van der Waals surface area contributed by atoms with Crippen molar-refractivity contribution in [3.63, 3.8) is 0 Å². The van der Waals surface area contributed by atoms with E-state index in [0.717, 1.165) is 24.4 Å². The molecule has 7 heteroatoms. The van der Waals surface area contributed by atoms with E-state index >= 15 is 0 Å². The summed E-state index contributed by atoms with van der Waals surface area (Å²) in [7, 11) is 0. The molecule has 2 aromatic rings. The van der Waals surface area contributed by atoms with Crippen LogP contribution >= 0.6 is 0 Å². The van der Waals surface area contributed by atoms with Gasteiger partial charge in [0.2, 0.25) is 0 Å². The summed E-state index contributed by atoms with van der Waals surface area (Å²) in [6.45, 7) is 4.91. The summed E-state index contributed by atoms with van der Waals surface area (Å²) in [5.74, 6) is 0.771. The molecule has 1 aromatic heterocycles. The quantitative estimate of drug-likeness (QED) is 0.846. The monoisotopic (exact) mass is 342 g/mol. The number of amides is 1. The minimum absolute atomic E-state index is 0.00279. The predicted octanol–water partition coefficient (Wildman–Crippen LogP) is 1.51. The predicted molar refractivity (Wildman–Crippen MR) is 89.8 cm³/mol. The van der Waals surface area contributed by atoms with Crippen LogP contribution in [0, 0.1) is 0 Å². The van der Waals surface area contributed by atoms with Crippen LogP contribution in [0.2, 0.25) is 0 Å². The molecule has 4 rings (SSSR count). The van der Waals surface area contributed by atoms with Gasteiger partial charge in [0.25, 0.3) is 5.91 Å². The minimum atomic E-state index is -0.521. The van der Waals surface area contributed by atoms with E-state index in [-0.39, 0.29) is 12.0 Å². The Morgan fingerprint density at radius 1 is 1.28 bits per heavy atom. The summed E-state index contributed by atoms with van der Waals surface area (Å²) in [5.41, 5.74) is 2.18. The number of carbonyl (C=O) groups is 1. The Kier molecular flexibility index (Phi) is 4.50. The molecule has 2 atom stereocenters. The number of nitrogens with zero attached hydrogens (tertiary/aromatic N) is 4. The molecule has 0 unspecified atom stereocenters. The molecule has 0 aliphatic carbocycles. The van der Waals surface area contributed by atoms with Gasteiger partial charge in [0, 0.05) is 13.1 Å². The number of aryl methyl sites for hydroxylation is 1. The molecule has 0 radical (unpaired) electrons. The SMILES string of the molecule is CCn1cnnc1[C@@H]1CN(C(=O)[C@H]2OCCc3ccccc32)CCO1. The molecule has 3 heterocycles. The van der Waals surface area contributed by atoms with Crippen LogP contribution < -0.4 is 0 Å². The molecule has 7 nitrogen and oxygen atoms in total. The van der Waals surface area contributed by atoms with E-state index in [1.807, 2.05) is 34.6 Å². The summed E-state index contributed by atoms with van der Waals surface area (Å²) in [6.07, 6.45) is 1.78. The molecule has 25 heavy (non-hydrogen) atoms. The zero-order chi connectivity index (χ0) is 17.2. The summed E-state index contributed by atoms with van der Waals surface area (Å²) < 4.78 is 13.6. The van der Waals surface area contributed by atoms with Gasteiger partial charge in [-0.15, -0.1) is 10.2 Å². The van der Waals surface area contributed by atoms with Gasteiger partial charge in [0.15, 0.2) is 11.9 Å². The van der Waals surface area contributed by atoms with Crippen molar-refractivity contribution < 1.29 is 14.3 Å². The molecule has 1 saturated heterocycles. The third kappa shape index (κ3) is 3.05. The lowest BCUT2D eigenvalue weighted by Crippen LogP contribution is -2.46. The first-order chi connectivity index (χ1) is 12.3. The second-order valence-corrected chi connectivity index (χ2v) is 6.32. The van der Waals surface area contributed by atoms with Crippen LogP contribution in [-0.4, -0.2) is 51.9 Å². The van der Waals surface area contributed by atoms with Gasteiger partial charge in [-0.25, -0.2) is 0 Å². The number of fused-ring (bicyclic) bond motifs is 1. The van der Waals surface area contributed by atoms with Crippen molar-refractivity contribution in [3.8, 4) is 0 Å². The van der Waals surface area contributed by atoms with Crippen molar-refractivity contribution in [1.29, 1.82) is 0 Å². The van der Waals surface area contributed by atoms with E-state index in [1.165, 1.54) is 5.56 Å². The molecule has 2 aliphatic rings. The van der Waals surface area contributed by atoms with Crippen molar-refractivity contribution in [2.45, 2.75) is 32.1 Å². The number of benzene rings is 1. The Bertz CT molecular complexity index is 760. The highest BCUT2D eigenvalue weighted by molar-refractivity contribution is 5.83. The normalized spacial score (nSPS) is 23.3. The number of rotatable bonds is 3. The maximum Gasteiger partial charge on any atom is 0.256 e. The Balaban J connectivity index is 1.53. The molecule has 0 spiro atoms. The smallest absolute Gasteiger partial charge is 0.256 e. The van der Waals surface area contributed by atoms with Gasteiger partial charge in [-0.3, -0.25) is 4.79 Å². The van der Waals surface area contributed by atoms with Crippen molar-refractivity contribution >= 4 is 5.91 Å². The fourth-order valence-electron chi connectivity index (χ4n) is 3.53. The lowest BCUT2D eigenvalue weighted by molar-refractivity contribution is -0.153. The molecular weight excluding hydrogens is 320 g/mol. The van der Waals surface area contributed by atoms with Gasteiger partial charge in [0.1, 0.15) is 12.4 Å². The van der Waals surface area contributed by atoms with E-state index in [4.69, 9.17) is 9.47 Å². The highest BCUT2D eigenvalue weighted by Crippen LogP contribution is 2.30. The fraction of sp³-hybridized carbons (Fsp3) is 0.500. The fourth-order valence-corrected chi connectivity index (χ4v) is 3.53. The Hall–Kier alpha value is -2.25. The van der Waals surface area contributed by atoms with Gasteiger partial charge < -0.3 is 18.9 Å². The van der Waals surface area contributed by atoms with Crippen molar-refractivity contribution in [3.05, 3.63) is 47.5 Å². The standard InChI is InChI=1S/C18H22N4O3/c1-2-21-12-19-20-17(21)15-11-22(8-10-24-15)18(23)16-14-6-4-3-5-13(14)7-9-25-16/h3-6,12,15-16H,2,7-11H2,1H3/t15-,16-/m0/s1. The van der Waals surface area contributed by atoms with Gasteiger partial charge in [-0.2, -0.15) is 0 Å². The van der Waals surface area contributed by atoms with Crippen LogP contribution in [0.3, 0.4) is 0 Å². The zero-order valence-electron chi connectivity index (χ0n) is 14.3. The van der Waals surface area contributed by atoms with E-state index in [1.54, 1.807) is 6.33 Å². The van der Waals surface area contributed by atoms with E-state index in [0.29, 0.717) is 26.3 Å². The largest absolute Gasteiger partial charge is 0.366 e. The first-order valence-electron chi connectivity index (χ1n) is 8.75. The topological polar surface area (TPSA) is 69.5 Å². The molecule has 0 bridgehead atoms. The van der Waals surface area contributed by atoms with Gasteiger partial charge in [-0.1, -0.05) is 24.3 Å². The lowest BCUT2D eigenvalue weighted by Gasteiger charge is -2.36. The first-order valence-corrected chi connectivity index (χ1v) is 8.75. The molecule has 2 aliphatic heterocycles. The highest BCUT2D eigenvalue weighted by Gasteiger charge is 2.35. The number of carbonyl (C=O) groups excluding carboxylic acids is 1. The Morgan fingerprint density at radius 2 is 2.16 bits per heavy atom. The third-order valence-corrected chi connectivity index (χ3v) is 4.87.